The fourth-order valence-electron chi connectivity index (χ4n) is 5.33. The van der Waals surface area contributed by atoms with E-state index in [9.17, 15) is 9.59 Å². The number of hydrogen-bond acceptors (Lipinski definition) is 11. The largest absolute Gasteiger partial charge is 0.494 e. The predicted molar refractivity (Wildman–Crippen MR) is 171 cm³/mol. The summed E-state index contributed by atoms with van der Waals surface area (Å²) >= 11 is 1.47. The van der Waals surface area contributed by atoms with E-state index in [1.807, 2.05) is 16.2 Å². The lowest BCUT2D eigenvalue weighted by Gasteiger charge is -2.26. The minimum atomic E-state index is -0.395. The van der Waals surface area contributed by atoms with E-state index < -0.39 is 5.91 Å². The van der Waals surface area contributed by atoms with Gasteiger partial charge >= 0.3 is 0 Å². The van der Waals surface area contributed by atoms with Crippen LogP contribution < -0.4 is 30.9 Å². The van der Waals surface area contributed by atoms with E-state index in [1.165, 1.54) is 11.3 Å². The normalized spacial score (nSPS) is 14.5. The minimum absolute atomic E-state index is 0.395. The lowest BCUT2D eigenvalue weighted by Crippen LogP contribution is -2.37. The Morgan fingerprint density at radius 3 is 2.59 bits per heavy atom. The van der Waals surface area contributed by atoms with Crippen LogP contribution in [0.15, 0.2) is 41.4 Å². The Kier molecular flexibility index (Phi) is 10.3. The maximum atomic E-state index is 12.2. The Morgan fingerprint density at radius 1 is 1.14 bits per heavy atom. The van der Waals surface area contributed by atoms with Crippen LogP contribution in [0.25, 0.3) is 21.3 Å². The number of fused-ring (bicyclic) bond motifs is 2. The van der Waals surface area contributed by atoms with Gasteiger partial charge in [0.05, 0.1) is 37.1 Å². The number of ether oxygens (including phenoxy) is 3. The molecule has 3 heterocycles. The molecule has 13 nitrogen and oxygen atoms in total. The Hall–Kier alpha value is -4.24. The van der Waals surface area contributed by atoms with Crippen LogP contribution in [0.3, 0.4) is 0 Å². The summed E-state index contributed by atoms with van der Waals surface area (Å²) in [5, 5.41) is 3.17. The number of imidazole rings is 1. The van der Waals surface area contributed by atoms with Gasteiger partial charge in [0.15, 0.2) is 4.80 Å². The van der Waals surface area contributed by atoms with Crippen molar-refractivity contribution in [2.75, 3.05) is 66.0 Å². The molecule has 0 aliphatic carbocycles. The van der Waals surface area contributed by atoms with Crippen molar-refractivity contribution >= 4 is 50.7 Å². The Labute approximate surface area is 258 Å². The molecule has 0 spiro atoms. The third-order valence-corrected chi connectivity index (χ3v) is 8.57. The van der Waals surface area contributed by atoms with Crippen molar-refractivity contribution < 1.29 is 23.8 Å². The van der Waals surface area contributed by atoms with Crippen molar-refractivity contribution in [2.45, 2.75) is 19.5 Å². The number of allylic oxidation sites excluding steroid dienone is 2. The summed E-state index contributed by atoms with van der Waals surface area (Å²) in [5.74, 6) is 6.80. The van der Waals surface area contributed by atoms with Gasteiger partial charge in [0.2, 0.25) is 5.95 Å². The summed E-state index contributed by atoms with van der Waals surface area (Å²) in [7, 11) is 5.12. The number of carbonyl (C=O) groups is 2. The van der Waals surface area contributed by atoms with Gasteiger partial charge in [0.1, 0.15) is 28.8 Å². The average Bonchev–Trinajstić information content (AvgIpc) is 3.61. The van der Waals surface area contributed by atoms with Crippen molar-refractivity contribution in [2.24, 2.45) is 10.8 Å². The average molecular weight is 623 g/mol. The number of morpholine rings is 1. The molecule has 2 aromatic carbocycles. The third kappa shape index (κ3) is 6.63. The number of nitrogens with one attached hydrogen (secondary N) is 2. The third-order valence-electron chi connectivity index (χ3n) is 7.46. The van der Waals surface area contributed by atoms with Gasteiger partial charge in [-0.15, -0.1) is 0 Å². The number of hydrazine groups is 1. The van der Waals surface area contributed by atoms with Crippen LogP contribution in [0.2, 0.25) is 0 Å². The van der Waals surface area contributed by atoms with E-state index in [0.717, 1.165) is 66.1 Å². The Morgan fingerprint density at radius 2 is 1.91 bits per heavy atom. The molecule has 1 aliphatic rings. The molecule has 0 atom stereocenters. The molecule has 1 aliphatic heterocycles. The van der Waals surface area contributed by atoms with Crippen molar-refractivity contribution in [3.63, 3.8) is 0 Å². The molecule has 0 saturated carbocycles. The van der Waals surface area contributed by atoms with Crippen molar-refractivity contribution in [1.29, 1.82) is 0 Å². The summed E-state index contributed by atoms with van der Waals surface area (Å²) in [4.78, 5) is 36.2. The highest BCUT2D eigenvalue weighted by molar-refractivity contribution is 7.16. The number of nitrogens with two attached hydrogens (primary N) is 1. The maximum absolute atomic E-state index is 12.2. The van der Waals surface area contributed by atoms with Gasteiger partial charge in [-0.3, -0.25) is 24.9 Å². The summed E-state index contributed by atoms with van der Waals surface area (Å²) in [6, 6.07) is 7.01. The maximum Gasteiger partial charge on any atom is 0.265 e. The number of nitrogen functional groups attached to an aromatic ring is 1. The zero-order chi connectivity index (χ0) is 31.1. The number of hydrogen-bond donors (Lipinski definition) is 3. The van der Waals surface area contributed by atoms with Crippen LogP contribution in [-0.4, -0.2) is 91.9 Å². The molecule has 5 rings (SSSR count). The monoisotopic (exact) mass is 622 g/mol. The van der Waals surface area contributed by atoms with Gasteiger partial charge in [-0.2, -0.15) is 0 Å². The summed E-state index contributed by atoms with van der Waals surface area (Å²) in [5.41, 5.74) is 5.44. The first kappa shape index (κ1) is 31.2. The van der Waals surface area contributed by atoms with E-state index in [1.54, 1.807) is 38.4 Å². The zero-order valence-electron chi connectivity index (χ0n) is 25.2. The molecule has 1 fully saturated rings. The number of benzene rings is 2. The smallest absolute Gasteiger partial charge is 0.265 e. The molecule has 1 amide bonds. The number of amides is 1. The molecular formula is C30H38N8O5S. The molecule has 14 heteroatoms. The van der Waals surface area contributed by atoms with Gasteiger partial charge in [0.25, 0.3) is 5.91 Å². The van der Waals surface area contributed by atoms with Gasteiger partial charge in [-0.1, -0.05) is 23.5 Å². The van der Waals surface area contributed by atoms with Gasteiger partial charge in [0, 0.05) is 57.9 Å². The zero-order valence-corrected chi connectivity index (χ0v) is 26.0. The Bertz CT molecular complexity index is 1730. The molecule has 4 aromatic rings. The predicted octanol–water partition coefficient (Wildman–Crippen LogP) is 2.41. The van der Waals surface area contributed by atoms with Crippen molar-refractivity contribution in [1.82, 2.24) is 24.4 Å². The van der Waals surface area contributed by atoms with Crippen molar-refractivity contribution in [3.05, 3.63) is 52.3 Å². The number of aromatic nitrogens is 3. The highest BCUT2D eigenvalue weighted by Crippen LogP contribution is 2.32. The van der Waals surface area contributed by atoms with Gasteiger partial charge < -0.3 is 28.7 Å². The molecular weight excluding hydrogens is 584 g/mol. The SMILES string of the molecule is CN=c1sc2cc(C(=O)NN)cc(OC)c2n1C/C=C/Cn1c(NC)nc2cc(C=O)cc(OCCCN3CCOCC3)c21. The van der Waals surface area contributed by atoms with Crippen molar-refractivity contribution in [3.8, 4) is 11.5 Å². The van der Waals surface area contributed by atoms with Crippen LogP contribution in [0, 0.1) is 0 Å². The fourth-order valence-corrected chi connectivity index (χ4v) is 6.39. The molecule has 0 unspecified atom stereocenters. The summed E-state index contributed by atoms with van der Waals surface area (Å²) in [6.45, 7) is 5.87. The standard InChI is InChI=1S/C30H38N8O5S/c1-32-29-34-22-15-20(19-39)16-24(43-12-6-7-36-10-13-42-14-11-36)26(22)37(29)8-4-5-9-38-27-23(41-3)17-21(28(40)35-31)18-25(27)44-30(38)33-2/h4-5,15-19H,6-14,31H2,1-3H3,(H,32,34)(H,35,40)/b5-4+,33-30?. The van der Waals surface area contributed by atoms with Crippen LogP contribution in [0.4, 0.5) is 5.95 Å². The molecule has 4 N–H and O–H groups in total. The van der Waals surface area contributed by atoms with Crippen LogP contribution in [-0.2, 0) is 17.8 Å². The molecule has 0 bridgehead atoms. The molecule has 44 heavy (non-hydrogen) atoms. The number of anilines is 1. The number of thiazole rings is 1. The van der Waals surface area contributed by atoms with E-state index in [0.29, 0.717) is 53.8 Å². The van der Waals surface area contributed by atoms with E-state index in [4.69, 9.17) is 25.0 Å². The van der Waals surface area contributed by atoms with Crippen LogP contribution in [0.5, 0.6) is 11.5 Å². The second-order valence-electron chi connectivity index (χ2n) is 10.1. The van der Waals surface area contributed by atoms with E-state index in [2.05, 4.69) is 32.8 Å². The van der Waals surface area contributed by atoms with Gasteiger partial charge in [-0.25, -0.2) is 10.8 Å². The lowest BCUT2D eigenvalue weighted by atomic mass is 10.2. The molecule has 1 saturated heterocycles. The Balaban J connectivity index is 1.39. The topological polar surface area (TPSA) is 150 Å². The van der Waals surface area contributed by atoms with Crippen LogP contribution in [0.1, 0.15) is 27.1 Å². The quantitative estimate of drug-likeness (QED) is 0.0510. The number of aldehydes is 1. The number of methoxy groups -OCH3 is 1. The summed E-state index contributed by atoms with van der Waals surface area (Å²) in [6.07, 6.45) is 5.78. The van der Waals surface area contributed by atoms with E-state index in [-0.39, 0.29) is 0 Å². The van der Waals surface area contributed by atoms with E-state index >= 15 is 0 Å². The highest BCUT2D eigenvalue weighted by Gasteiger charge is 2.18. The number of carbonyl (C=O) groups excluding carboxylic acids is 2. The fraction of sp³-hybridized carbons (Fsp3) is 0.400. The first-order chi connectivity index (χ1) is 21.5. The molecule has 0 radical (unpaired) electrons. The minimum Gasteiger partial charge on any atom is -0.494 e. The lowest BCUT2D eigenvalue weighted by molar-refractivity contribution is 0.0358. The first-order valence-electron chi connectivity index (χ1n) is 14.4. The molecule has 2 aromatic heterocycles. The summed E-state index contributed by atoms with van der Waals surface area (Å²) < 4.78 is 22.3. The van der Waals surface area contributed by atoms with Crippen LogP contribution >= 0.6 is 11.3 Å². The number of nitrogens with zero attached hydrogens (tertiary/aromatic N) is 5. The first-order valence-corrected chi connectivity index (χ1v) is 15.2. The highest BCUT2D eigenvalue weighted by atomic mass is 32.1. The van der Waals surface area contributed by atoms with Gasteiger partial charge in [-0.05, 0) is 30.7 Å². The second kappa shape index (κ2) is 14.5. The molecule has 234 valence electrons. The second-order valence-corrected chi connectivity index (χ2v) is 11.2. The number of rotatable bonds is 13.